The van der Waals surface area contributed by atoms with Crippen LogP contribution in [0.15, 0.2) is 67.1 Å². The van der Waals surface area contributed by atoms with Crippen molar-refractivity contribution in [1.82, 2.24) is 10.2 Å². The Morgan fingerprint density at radius 1 is 1.15 bits per heavy atom. The molecule has 3 rings (SSSR count). The Morgan fingerprint density at radius 2 is 1.85 bits per heavy atom. The number of hydrogen-bond donors (Lipinski definition) is 3. The Bertz CT molecular complexity index is 949. The molecular formula is C27H36ClFN4. The van der Waals surface area contributed by atoms with Gasteiger partial charge in [0.1, 0.15) is 5.82 Å². The van der Waals surface area contributed by atoms with Crippen molar-refractivity contribution >= 4 is 17.3 Å². The Balaban J connectivity index is 1.59. The number of nitrogens with one attached hydrogen (secondary N) is 2. The Morgan fingerprint density at radius 3 is 2.48 bits per heavy atom. The molecule has 1 heterocycles. The van der Waals surface area contributed by atoms with E-state index in [9.17, 15) is 4.39 Å². The van der Waals surface area contributed by atoms with Gasteiger partial charge in [-0.05, 0) is 79.5 Å². The second-order valence-corrected chi connectivity index (χ2v) is 9.52. The molecule has 0 bridgehead atoms. The van der Waals surface area contributed by atoms with Crippen molar-refractivity contribution in [2.75, 3.05) is 31.5 Å². The van der Waals surface area contributed by atoms with Gasteiger partial charge in [0.2, 0.25) is 0 Å². The van der Waals surface area contributed by atoms with Crippen molar-refractivity contribution in [1.29, 1.82) is 0 Å². The van der Waals surface area contributed by atoms with Gasteiger partial charge in [-0.2, -0.15) is 0 Å². The number of piperidine rings is 1. The molecule has 0 aliphatic carbocycles. The highest BCUT2D eigenvalue weighted by Gasteiger charge is 2.34. The first-order valence-corrected chi connectivity index (χ1v) is 12.1. The third-order valence-electron chi connectivity index (χ3n) is 6.56. The maximum Gasteiger partial charge on any atom is 0.123 e. The first-order chi connectivity index (χ1) is 15.8. The van der Waals surface area contributed by atoms with Crippen LogP contribution in [-0.4, -0.2) is 31.1 Å². The summed E-state index contributed by atoms with van der Waals surface area (Å²) in [6.07, 6.45) is 4.84. The lowest BCUT2D eigenvalue weighted by Gasteiger charge is -2.44. The number of nitrogens with two attached hydrogens (primary N) is 1. The van der Waals surface area contributed by atoms with Crippen LogP contribution in [0, 0.1) is 11.2 Å². The smallest absolute Gasteiger partial charge is 0.123 e. The van der Waals surface area contributed by atoms with Crippen LogP contribution in [0.1, 0.15) is 37.3 Å². The summed E-state index contributed by atoms with van der Waals surface area (Å²) in [6, 6.07) is 12.8. The van der Waals surface area contributed by atoms with E-state index in [1.165, 1.54) is 5.56 Å². The van der Waals surface area contributed by atoms with Gasteiger partial charge in [0.15, 0.2) is 0 Å². The number of likely N-dealkylation sites (tertiary alicyclic amines) is 1. The fourth-order valence-electron chi connectivity index (χ4n) is 4.63. The molecule has 1 saturated heterocycles. The van der Waals surface area contributed by atoms with E-state index in [1.54, 1.807) is 12.1 Å². The molecule has 4 nitrogen and oxygen atoms in total. The van der Waals surface area contributed by atoms with Crippen LogP contribution >= 0.6 is 11.6 Å². The lowest BCUT2D eigenvalue weighted by Crippen LogP contribution is -2.46. The molecule has 2 aromatic rings. The zero-order chi connectivity index (χ0) is 23.8. The van der Waals surface area contributed by atoms with Gasteiger partial charge in [0, 0.05) is 36.0 Å². The molecule has 178 valence electrons. The summed E-state index contributed by atoms with van der Waals surface area (Å²) >= 11 is 6.15. The molecule has 1 aliphatic rings. The van der Waals surface area contributed by atoms with Gasteiger partial charge in [-0.15, -0.1) is 0 Å². The van der Waals surface area contributed by atoms with Gasteiger partial charge >= 0.3 is 0 Å². The molecule has 0 saturated carbocycles. The van der Waals surface area contributed by atoms with E-state index >= 15 is 0 Å². The molecule has 0 spiro atoms. The highest BCUT2D eigenvalue weighted by Crippen LogP contribution is 2.36. The highest BCUT2D eigenvalue weighted by atomic mass is 35.5. The average Bonchev–Trinajstić information content (AvgIpc) is 2.79. The molecule has 2 aromatic carbocycles. The molecule has 4 N–H and O–H groups in total. The minimum absolute atomic E-state index is 0.180. The van der Waals surface area contributed by atoms with Gasteiger partial charge in [-0.25, -0.2) is 4.39 Å². The van der Waals surface area contributed by atoms with Crippen LogP contribution in [0.3, 0.4) is 0 Å². The summed E-state index contributed by atoms with van der Waals surface area (Å²) in [4.78, 5) is 2.42. The molecule has 0 atom stereocenters. The fourth-order valence-corrected chi connectivity index (χ4v) is 4.80. The predicted molar refractivity (Wildman–Crippen MR) is 138 cm³/mol. The Hall–Kier alpha value is -2.50. The van der Waals surface area contributed by atoms with Crippen molar-refractivity contribution in [2.45, 2.75) is 39.0 Å². The highest BCUT2D eigenvalue weighted by molar-refractivity contribution is 6.30. The van der Waals surface area contributed by atoms with Gasteiger partial charge < -0.3 is 21.3 Å². The maximum atomic E-state index is 13.4. The molecule has 0 unspecified atom stereocenters. The van der Waals surface area contributed by atoms with E-state index in [4.69, 9.17) is 17.3 Å². The third kappa shape index (κ3) is 7.24. The fraction of sp³-hybridized carbons (Fsp3) is 0.407. The molecule has 0 radical (unpaired) electrons. The minimum Gasteiger partial charge on any atom is -0.386 e. The summed E-state index contributed by atoms with van der Waals surface area (Å²) < 4.78 is 13.4. The lowest BCUT2D eigenvalue weighted by molar-refractivity contribution is 0.122. The van der Waals surface area contributed by atoms with Gasteiger partial charge in [-0.3, -0.25) is 0 Å². The number of allylic oxidation sites excluding steroid dienone is 1. The number of rotatable bonds is 11. The molecular weight excluding hydrogens is 435 g/mol. The van der Waals surface area contributed by atoms with E-state index in [0.717, 1.165) is 75.2 Å². The van der Waals surface area contributed by atoms with Crippen molar-refractivity contribution in [3.05, 3.63) is 89.1 Å². The van der Waals surface area contributed by atoms with E-state index in [0.29, 0.717) is 10.8 Å². The minimum atomic E-state index is -0.180. The first-order valence-electron chi connectivity index (χ1n) is 11.7. The molecule has 6 heteroatoms. The van der Waals surface area contributed by atoms with Crippen molar-refractivity contribution in [2.24, 2.45) is 11.1 Å². The van der Waals surface area contributed by atoms with Crippen LogP contribution < -0.4 is 16.4 Å². The average molecular weight is 471 g/mol. The zero-order valence-corrected chi connectivity index (χ0v) is 20.4. The zero-order valence-electron chi connectivity index (χ0n) is 19.6. The van der Waals surface area contributed by atoms with Crippen molar-refractivity contribution in [3.8, 4) is 0 Å². The summed E-state index contributed by atoms with van der Waals surface area (Å²) in [5.74, 6) is 0.215. The maximum absolute atomic E-state index is 13.4. The monoisotopic (exact) mass is 470 g/mol. The summed E-state index contributed by atoms with van der Waals surface area (Å²) in [6.45, 7) is 14.2. The summed E-state index contributed by atoms with van der Waals surface area (Å²) in [5, 5.41) is 7.32. The number of halogens is 2. The number of benzene rings is 2. The quantitative estimate of drug-likeness (QED) is 0.394. The van der Waals surface area contributed by atoms with Crippen molar-refractivity contribution in [3.63, 3.8) is 0 Å². The molecule has 0 aromatic heterocycles. The number of anilines is 1. The van der Waals surface area contributed by atoms with Crippen LogP contribution in [-0.2, 0) is 12.8 Å². The van der Waals surface area contributed by atoms with Gasteiger partial charge in [0.05, 0.1) is 5.82 Å². The molecule has 1 aliphatic heterocycles. The van der Waals surface area contributed by atoms with Crippen molar-refractivity contribution < 1.29 is 4.39 Å². The summed E-state index contributed by atoms with van der Waals surface area (Å²) in [5.41, 5.74) is 10.3. The largest absolute Gasteiger partial charge is 0.386 e. The number of nitrogens with zero attached hydrogens (tertiary/aromatic N) is 1. The standard InChI is InChI=1S/C27H36ClFN4/c1-4-31-19-27(18-22-6-11-25(29)12-7-22)13-15-33(16-14-27)20(2)5-8-23-9-10-24(28)17-26(23)32-21(3)30/h6-7,9-12,17,31-32H,2-5,8,13-16,18-19,30H2,1H3. The number of hydrogen-bond acceptors (Lipinski definition) is 4. The van der Waals surface area contributed by atoms with Gasteiger partial charge in [0.25, 0.3) is 0 Å². The summed E-state index contributed by atoms with van der Waals surface area (Å²) in [7, 11) is 0. The predicted octanol–water partition coefficient (Wildman–Crippen LogP) is 5.70. The molecule has 33 heavy (non-hydrogen) atoms. The first kappa shape index (κ1) is 25.1. The van der Waals surface area contributed by atoms with Crippen LogP contribution in [0.4, 0.5) is 10.1 Å². The Kier molecular flexibility index (Phi) is 8.81. The molecule has 0 amide bonds. The van der Waals surface area contributed by atoms with E-state index in [-0.39, 0.29) is 11.2 Å². The van der Waals surface area contributed by atoms with E-state index in [1.807, 2.05) is 30.3 Å². The normalized spacial score (nSPS) is 15.3. The van der Waals surface area contributed by atoms with Gasteiger partial charge in [-0.1, -0.05) is 49.9 Å². The topological polar surface area (TPSA) is 53.3 Å². The second-order valence-electron chi connectivity index (χ2n) is 9.09. The third-order valence-corrected chi connectivity index (χ3v) is 6.80. The van der Waals surface area contributed by atoms with Crippen LogP contribution in [0.5, 0.6) is 0 Å². The lowest BCUT2D eigenvalue weighted by atomic mass is 9.73. The second kappa shape index (κ2) is 11.6. The van der Waals surface area contributed by atoms with Crippen LogP contribution in [0.2, 0.25) is 5.02 Å². The van der Waals surface area contributed by atoms with E-state index in [2.05, 4.69) is 35.6 Å². The Labute approximate surface area is 202 Å². The van der Waals surface area contributed by atoms with Crippen LogP contribution in [0.25, 0.3) is 0 Å². The number of aryl methyl sites for hydroxylation is 1. The van der Waals surface area contributed by atoms with E-state index < -0.39 is 0 Å². The molecule has 1 fully saturated rings. The SMILES string of the molecule is C=C(N)Nc1cc(Cl)ccc1CCC(=C)N1CCC(CNCC)(Cc2ccc(F)cc2)CC1.